The van der Waals surface area contributed by atoms with Crippen LogP contribution in [0.1, 0.15) is 12.8 Å². The summed E-state index contributed by atoms with van der Waals surface area (Å²) in [5.41, 5.74) is 0. The summed E-state index contributed by atoms with van der Waals surface area (Å²) in [5, 5.41) is 2.99. The molecule has 0 bridgehead atoms. The van der Waals surface area contributed by atoms with Crippen molar-refractivity contribution in [3.05, 3.63) is 0 Å². The van der Waals surface area contributed by atoms with Crippen LogP contribution < -0.4 is 0 Å². The predicted octanol–water partition coefficient (Wildman–Crippen LogP) is 5.40. The Morgan fingerprint density at radius 1 is 0.810 bits per heavy atom. The molecule has 4 unspecified atom stereocenters. The molecule has 0 amide bonds. The highest BCUT2D eigenvalue weighted by Gasteiger charge is 2.26. The Morgan fingerprint density at radius 3 is 1.71 bits per heavy atom. The second-order valence-corrected chi connectivity index (χ2v) is 14.3. The molecule has 124 valence electrons. The van der Waals surface area contributed by atoms with E-state index in [1.54, 1.807) is 0 Å². The quantitative estimate of drug-likeness (QED) is 0.265. The molecule has 2 saturated heterocycles. The summed E-state index contributed by atoms with van der Waals surface area (Å²) in [6.07, 6.45) is 2.56. The van der Waals surface area contributed by atoms with Gasteiger partial charge in [0.1, 0.15) is 0 Å². The zero-order valence-electron chi connectivity index (χ0n) is 12.0. The van der Waals surface area contributed by atoms with Crippen molar-refractivity contribution in [1.29, 1.82) is 0 Å². The number of hydrogen-bond acceptors (Lipinski definition) is 8. The van der Waals surface area contributed by atoms with E-state index in [0.29, 0.717) is 0 Å². The van der Waals surface area contributed by atoms with Gasteiger partial charge in [0.25, 0.3) is 0 Å². The van der Waals surface area contributed by atoms with Gasteiger partial charge in [-0.05, 0) is 24.3 Å². The van der Waals surface area contributed by atoms with Gasteiger partial charge in [-0.1, -0.05) is 0 Å². The summed E-state index contributed by atoms with van der Waals surface area (Å²) in [5.74, 6) is 7.39. The highest BCUT2D eigenvalue weighted by atomic mass is 32.2. The summed E-state index contributed by atoms with van der Waals surface area (Å²) < 4.78 is 1.66. The second kappa shape index (κ2) is 12.2. The van der Waals surface area contributed by atoms with E-state index >= 15 is 0 Å². The molecule has 0 nitrogen and oxygen atoms in total. The Morgan fingerprint density at radius 2 is 1.29 bits per heavy atom. The lowest BCUT2D eigenvalue weighted by molar-refractivity contribution is 0.939. The molecule has 0 aliphatic carbocycles. The standard InChI is InChI=1S/C13H24S8/c14-3-1-10-5-18-12(20-10)7-16-9-17-8-13-19-6-11(21-13)2-4-15/h10-15H,1-9H2. The molecular weight excluding hydrogens is 413 g/mol. The van der Waals surface area contributed by atoms with Gasteiger partial charge in [-0.15, -0.1) is 70.6 Å². The summed E-state index contributed by atoms with van der Waals surface area (Å²) in [4.78, 5) is 0. The minimum absolute atomic E-state index is 0.829. The van der Waals surface area contributed by atoms with Crippen LogP contribution in [-0.2, 0) is 0 Å². The van der Waals surface area contributed by atoms with E-state index in [0.717, 1.165) is 31.2 Å². The second-order valence-electron chi connectivity index (χ2n) is 4.93. The van der Waals surface area contributed by atoms with Crippen molar-refractivity contribution in [3.63, 3.8) is 0 Å². The predicted molar refractivity (Wildman–Crippen MR) is 122 cm³/mol. The fraction of sp³-hybridized carbons (Fsp3) is 1.00. The smallest absolute Gasteiger partial charge is 0.0596 e. The van der Waals surface area contributed by atoms with Gasteiger partial charge in [0.05, 0.1) is 9.16 Å². The van der Waals surface area contributed by atoms with E-state index in [9.17, 15) is 0 Å². The Balaban J connectivity index is 1.44. The SMILES string of the molecule is SCCC1CSC(CSCSCC2SCC(CCS)S2)S1. The van der Waals surface area contributed by atoms with E-state index in [1.165, 1.54) is 40.9 Å². The van der Waals surface area contributed by atoms with Crippen LogP contribution in [0.3, 0.4) is 0 Å². The lowest BCUT2D eigenvalue weighted by atomic mass is 10.4. The first kappa shape index (κ1) is 20.1. The van der Waals surface area contributed by atoms with Crippen LogP contribution in [-0.4, -0.2) is 59.3 Å². The van der Waals surface area contributed by atoms with E-state index < -0.39 is 0 Å². The van der Waals surface area contributed by atoms with E-state index in [1.807, 2.05) is 0 Å². The molecule has 2 aliphatic rings. The third-order valence-corrected chi connectivity index (χ3v) is 13.7. The molecular formula is C13H24S8. The van der Waals surface area contributed by atoms with Crippen molar-refractivity contribution >= 4 is 95.8 Å². The first-order valence-electron chi connectivity index (χ1n) is 7.23. The van der Waals surface area contributed by atoms with Crippen LogP contribution in [0.4, 0.5) is 0 Å². The van der Waals surface area contributed by atoms with Crippen LogP contribution in [0.2, 0.25) is 0 Å². The van der Waals surface area contributed by atoms with Gasteiger partial charge in [-0.2, -0.15) is 25.3 Å². The summed E-state index contributed by atoms with van der Waals surface area (Å²) in [6, 6.07) is 0. The van der Waals surface area contributed by atoms with Crippen LogP contribution in [0.25, 0.3) is 0 Å². The first-order chi connectivity index (χ1) is 10.3. The Bertz CT molecular complexity index is 251. The molecule has 2 heterocycles. The van der Waals surface area contributed by atoms with E-state index in [-0.39, 0.29) is 0 Å². The van der Waals surface area contributed by atoms with Crippen molar-refractivity contribution in [2.75, 3.05) is 39.6 Å². The molecule has 4 atom stereocenters. The maximum Gasteiger partial charge on any atom is 0.0596 e. The van der Waals surface area contributed by atoms with E-state index in [4.69, 9.17) is 0 Å². The van der Waals surface area contributed by atoms with Gasteiger partial charge in [0.15, 0.2) is 0 Å². The van der Waals surface area contributed by atoms with Gasteiger partial charge in [-0.25, -0.2) is 0 Å². The minimum atomic E-state index is 0.829. The molecule has 0 saturated carbocycles. The highest BCUT2D eigenvalue weighted by molar-refractivity contribution is 8.23. The Labute approximate surface area is 166 Å². The van der Waals surface area contributed by atoms with Crippen molar-refractivity contribution < 1.29 is 0 Å². The molecule has 0 aromatic heterocycles. The van der Waals surface area contributed by atoms with Crippen LogP contribution in [0.15, 0.2) is 0 Å². The molecule has 0 spiro atoms. The van der Waals surface area contributed by atoms with Crippen LogP contribution in [0.5, 0.6) is 0 Å². The van der Waals surface area contributed by atoms with Crippen molar-refractivity contribution in [2.45, 2.75) is 32.5 Å². The topological polar surface area (TPSA) is 0 Å². The molecule has 2 rings (SSSR count). The minimum Gasteiger partial charge on any atom is -0.179 e. The van der Waals surface area contributed by atoms with Gasteiger partial charge >= 0.3 is 0 Å². The van der Waals surface area contributed by atoms with Crippen LogP contribution in [0, 0.1) is 0 Å². The molecule has 21 heavy (non-hydrogen) atoms. The van der Waals surface area contributed by atoms with E-state index in [2.05, 4.69) is 95.8 Å². The van der Waals surface area contributed by atoms with Gasteiger partial charge in [0.2, 0.25) is 0 Å². The van der Waals surface area contributed by atoms with Crippen molar-refractivity contribution in [1.82, 2.24) is 0 Å². The van der Waals surface area contributed by atoms with Gasteiger partial charge in [-0.3, -0.25) is 0 Å². The van der Waals surface area contributed by atoms with Gasteiger partial charge < -0.3 is 0 Å². The van der Waals surface area contributed by atoms with Gasteiger partial charge in [0, 0.05) is 38.6 Å². The third kappa shape index (κ3) is 8.15. The molecule has 0 aromatic rings. The summed E-state index contributed by atoms with van der Waals surface area (Å²) >= 11 is 21.7. The first-order valence-corrected chi connectivity index (χ1v) is 14.8. The zero-order valence-corrected chi connectivity index (χ0v) is 18.7. The average Bonchev–Trinajstić information content (AvgIpc) is 3.09. The highest BCUT2D eigenvalue weighted by Crippen LogP contribution is 2.43. The molecule has 0 radical (unpaired) electrons. The maximum absolute atomic E-state index is 4.35. The average molecular weight is 437 g/mol. The Hall–Kier alpha value is 2.80. The normalized spacial score (nSPS) is 32.9. The monoisotopic (exact) mass is 436 g/mol. The number of rotatable bonds is 10. The molecule has 0 N–H and O–H groups in total. The summed E-state index contributed by atoms with van der Waals surface area (Å²) in [6.45, 7) is 0. The number of thiol groups is 2. The van der Waals surface area contributed by atoms with Crippen molar-refractivity contribution in [2.24, 2.45) is 0 Å². The fourth-order valence-corrected chi connectivity index (χ4v) is 13.0. The number of hydrogen-bond donors (Lipinski definition) is 2. The summed E-state index contributed by atoms with van der Waals surface area (Å²) in [7, 11) is 0. The lowest BCUT2D eigenvalue weighted by Gasteiger charge is -2.11. The third-order valence-electron chi connectivity index (χ3n) is 3.20. The lowest BCUT2D eigenvalue weighted by Crippen LogP contribution is -2.03. The largest absolute Gasteiger partial charge is 0.179 e. The molecule has 8 heteroatoms. The van der Waals surface area contributed by atoms with Crippen molar-refractivity contribution in [3.8, 4) is 0 Å². The molecule has 2 fully saturated rings. The maximum atomic E-state index is 4.35. The Kier molecular flexibility index (Phi) is 11.7. The molecule has 0 aromatic carbocycles. The van der Waals surface area contributed by atoms with Crippen LogP contribution >= 0.6 is 95.8 Å². The fourth-order valence-electron chi connectivity index (χ4n) is 2.13. The number of thioether (sulfide) groups is 6. The zero-order chi connectivity index (χ0) is 14.9. The molecule has 2 aliphatic heterocycles.